The largest absolute Gasteiger partial charge is 0.340 e. The quantitative estimate of drug-likeness (QED) is 0.732. The molecule has 9 heteroatoms. The number of carbonyl (C=O) groups is 1. The lowest BCUT2D eigenvalue weighted by Gasteiger charge is -2.45. The highest BCUT2D eigenvalue weighted by Crippen LogP contribution is 2.42. The van der Waals surface area contributed by atoms with E-state index in [9.17, 15) is 4.79 Å². The van der Waals surface area contributed by atoms with Gasteiger partial charge in [0.25, 0.3) is 0 Å². The van der Waals surface area contributed by atoms with Gasteiger partial charge in [-0.15, -0.1) is 48.6 Å². The Morgan fingerprint density at radius 1 is 1.14 bits per heavy atom. The summed E-state index contributed by atoms with van der Waals surface area (Å²) >= 11 is 1.78. The van der Waals surface area contributed by atoms with Crippen LogP contribution in [0.3, 0.4) is 0 Å². The van der Waals surface area contributed by atoms with Crippen molar-refractivity contribution in [2.45, 2.75) is 51.6 Å². The van der Waals surface area contributed by atoms with Gasteiger partial charge in [0.15, 0.2) is 0 Å². The number of piperazine rings is 1. The van der Waals surface area contributed by atoms with Crippen LogP contribution in [0.1, 0.15) is 42.0 Å². The minimum atomic E-state index is 0. The maximum atomic E-state index is 13.0. The Morgan fingerprint density at radius 3 is 2.29 bits per heavy atom. The van der Waals surface area contributed by atoms with Crippen molar-refractivity contribution in [3.63, 3.8) is 0 Å². The van der Waals surface area contributed by atoms with Crippen molar-refractivity contribution in [1.82, 2.24) is 14.8 Å². The minimum absolute atomic E-state index is 0. The molecule has 3 aliphatic rings. The van der Waals surface area contributed by atoms with Crippen LogP contribution >= 0.6 is 48.6 Å². The molecule has 1 amide bonds. The number of hydrogen-bond acceptors (Lipinski definition) is 5. The third kappa shape index (κ3) is 5.73. The number of aromatic nitrogens is 1. The van der Waals surface area contributed by atoms with Gasteiger partial charge in [0.2, 0.25) is 5.91 Å². The maximum absolute atomic E-state index is 13.0. The number of carbonyl (C=O) groups excluding carboxylic acids is 1. The second kappa shape index (κ2) is 11.3. The third-order valence-corrected chi connectivity index (χ3v) is 7.39. The van der Waals surface area contributed by atoms with Crippen molar-refractivity contribution in [2.24, 2.45) is 23.5 Å². The Hall–Kier alpha value is -0.110. The lowest BCUT2D eigenvalue weighted by molar-refractivity contribution is -0.140. The molecule has 0 spiro atoms. The van der Waals surface area contributed by atoms with Crippen molar-refractivity contribution in [3.05, 3.63) is 16.1 Å². The summed E-state index contributed by atoms with van der Waals surface area (Å²) in [5, 5.41) is 1.13. The number of fused-ring (bicyclic) bond motifs is 2. The normalized spacial score (nSPS) is 29.9. The number of nitrogens with zero attached hydrogens (tertiary/aromatic N) is 3. The van der Waals surface area contributed by atoms with Gasteiger partial charge in [0.05, 0.1) is 5.01 Å². The number of halogens is 3. The summed E-state index contributed by atoms with van der Waals surface area (Å²) < 4.78 is 0. The van der Waals surface area contributed by atoms with Gasteiger partial charge in [0.1, 0.15) is 0 Å². The number of rotatable bonds is 3. The van der Waals surface area contributed by atoms with E-state index in [4.69, 9.17) is 5.73 Å². The highest BCUT2D eigenvalue weighted by molar-refractivity contribution is 7.11. The lowest BCUT2D eigenvalue weighted by atomic mass is 9.65. The highest BCUT2D eigenvalue weighted by Gasteiger charge is 2.41. The highest BCUT2D eigenvalue weighted by atomic mass is 35.5. The topological polar surface area (TPSA) is 62.5 Å². The molecule has 1 aromatic heterocycles. The first kappa shape index (κ1) is 25.9. The van der Waals surface area contributed by atoms with Gasteiger partial charge in [-0.05, 0) is 44.4 Å². The van der Waals surface area contributed by atoms with E-state index in [2.05, 4.69) is 21.7 Å². The average Bonchev–Trinajstić information content (AvgIpc) is 2.99. The van der Waals surface area contributed by atoms with E-state index in [1.165, 1.54) is 24.1 Å². The molecule has 4 rings (SSSR count). The second-order valence-electron chi connectivity index (χ2n) is 8.14. The summed E-state index contributed by atoms with van der Waals surface area (Å²) in [7, 11) is 0. The molecule has 2 unspecified atom stereocenters. The van der Waals surface area contributed by atoms with Crippen molar-refractivity contribution in [1.29, 1.82) is 0 Å². The molecule has 5 nitrogen and oxygen atoms in total. The predicted molar refractivity (Wildman–Crippen MR) is 122 cm³/mol. The predicted octanol–water partition coefficient (Wildman–Crippen LogP) is 3.51. The van der Waals surface area contributed by atoms with Crippen molar-refractivity contribution < 1.29 is 4.79 Å². The molecule has 3 fully saturated rings. The molecule has 2 bridgehead atoms. The first-order valence-corrected chi connectivity index (χ1v) is 10.6. The smallest absolute Gasteiger partial charge is 0.225 e. The van der Waals surface area contributed by atoms with Crippen molar-refractivity contribution in [3.8, 4) is 0 Å². The molecule has 2 saturated carbocycles. The van der Waals surface area contributed by atoms with Crippen LogP contribution in [0.25, 0.3) is 0 Å². The number of hydrogen-bond donors (Lipinski definition) is 1. The van der Waals surface area contributed by atoms with Gasteiger partial charge in [-0.1, -0.05) is 6.42 Å². The number of aryl methyl sites for hydroxylation is 1. The summed E-state index contributed by atoms with van der Waals surface area (Å²) in [5.74, 6) is 1.79. The van der Waals surface area contributed by atoms with E-state index in [1.54, 1.807) is 11.3 Å². The molecule has 2 heterocycles. The SMILES string of the molecule is Cc1ncc(CN2CCN(C(=O)C3CC4CCCC(C3)C4N)CC2)s1.Cl.Cl.Cl. The average molecular weight is 472 g/mol. The zero-order chi connectivity index (χ0) is 17.4. The van der Waals surface area contributed by atoms with Crippen LogP contribution < -0.4 is 5.73 Å². The molecule has 0 radical (unpaired) electrons. The molecule has 162 valence electrons. The number of thiazole rings is 1. The monoisotopic (exact) mass is 470 g/mol. The summed E-state index contributed by atoms with van der Waals surface area (Å²) in [6.07, 6.45) is 7.79. The fourth-order valence-electron chi connectivity index (χ4n) is 5.07. The van der Waals surface area contributed by atoms with Crippen LogP contribution in [0.15, 0.2) is 6.20 Å². The first-order valence-electron chi connectivity index (χ1n) is 9.78. The van der Waals surface area contributed by atoms with Crippen LogP contribution in [-0.2, 0) is 11.3 Å². The van der Waals surface area contributed by atoms with E-state index in [-0.39, 0.29) is 43.1 Å². The molecule has 2 atom stereocenters. The van der Waals surface area contributed by atoms with Crippen molar-refractivity contribution in [2.75, 3.05) is 26.2 Å². The molecular formula is C19H33Cl3N4OS. The molecule has 0 aromatic carbocycles. The Morgan fingerprint density at radius 2 is 1.75 bits per heavy atom. The number of amides is 1. The summed E-state index contributed by atoms with van der Waals surface area (Å²) in [5.41, 5.74) is 6.38. The van der Waals surface area contributed by atoms with E-state index in [0.717, 1.165) is 50.6 Å². The molecule has 28 heavy (non-hydrogen) atoms. The third-order valence-electron chi connectivity index (χ3n) is 6.49. The van der Waals surface area contributed by atoms with Gasteiger partial charge in [0, 0.05) is 55.8 Å². The van der Waals surface area contributed by atoms with Gasteiger partial charge in [-0.2, -0.15) is 0 Å². The molecule has 2 aliphatic carbocycles. The van der Waals surface area contributed by atoms with Crippen LogP contribution in [0.4, 0.5) is 0 Å². The Balaban J connectivity index is 0.00000131. The fraction of sp³-hybridized carbons (Fsp3) is 0.789. The molecule has 1 aromatic rings. The van der Waals surface area contributed by atoms with Gasteiger partial charge in [-0.3, -0.25) is 9.69 Å². The zero-order valence-corrected chi connectivity index (χ0v) is 19.7. The van der Waals surface area contributed by atoms with Gasteiger partial charge >= 0.3 is 0 Å². The summed E-state index contributed by atoms with van der Waals surface area (Å²) in [4.78, 5) is 23.2. The summed E-state index contributed by atoms with van der Waals surface area (Å²) in [6.45, 7) is 6.71. The zero-order valence-electron chi connectivity index (χ0n) is 16.4. The molecular weight excluding hydrogens is 439 g/mol. The van der Waals surface area contributed by atoms with E-state index in [1.807, 2.05) is 6.20 Å². The standard InChI is InChI=1S/C19H30N4OS.3ClH/c1-13-21-11-17(25-13)12-22-5-7-23(8-6-22)19(24)16-9-14-3-2-4-15(10-16)18(14)20;;;/h11,14-16,18H,2-10,12,20H2,1H3;3*1H. The molecule has 2 N–H and O–H groups in total. The van der Waals surface area contributed by atoms with Gasteiger partial charge in [-0.25, -0.2) is 4.98 Å². The lowest BCUT2D eigenvalue weighted by Crippen LogP contribution is -2.53. The Kier molecular flexibility index (Phi) is 10.5. The summed E-state index contributed by atoms with van der Waals surface area (Å²) in [6, 6.07) is 0.345. The molecule has 1 saturated heterocycles. The van der Waals surface area contributed by atoms with Crippen LogP contribution in [0.5, 0.6) is 0 Å². The Bertz CT molecular complexity index is 610. The van der Waals surface area contributed by atoms with Crippen LogP contribution in [0.2, 0.25) is 0 Å². The van der Waals surface area contributed by atoms with Crippen molar-refractivity contribution >= 4 is 54.5 Å². The molecule has 1 aliphatic heterocycles. The maximum Gasteiger partial charge on any atom is 0.225 e. The number of nitrogens with two attached hydrogens (primary N) is 1. The van der Waals surface area contributed by atoms with E-state index < -0.39 is 0 Å². The second-order valence-corrected chi connectivity index (χ2v) is 9.46. The van der Waals surface area contributed by atoms with E-state index >= 15 is 0 Å². The van der Waals surface area contributed by atoms with Crippen LogP contribution in [0, 0.1) is 24.7 Å². The Labute approximate surface area is 191 Å². The van der Waals surface area contributed by atoms with E-state index in [0.29, 0.717) is 23.8 Å². The fourth-order valence-corrected chi connectivity index (χ4v) is 5.91. The first-order chi connectivity index (χ1) is 12.1. The van der Waals surface area contributed by atoms with Crippen LogP contribution in [-0.4, -0.2) is 52.9 Å². The minimum Gasteiger partial charge on any atom is -0.340 e. The van der Waals surface area contributed by atoms with Gasteiger partial charge < -0.3 is 10.6 Å².